The summed E-state index contributed by atoms with van der Waals surface area (Å²) < 4.78 is 0. The summed E-state index contributed by atoms with van der Waals surface area (Å²) in [5.74, 6) is 0.255. The fourth-order valence-corrected chi connectivity index (χ4v) is 4.69. The molecule has 29 heavy (non-hydrogen) atoms. The topological polar surface area (TPSA) is 35.6 Å². The number of piperidine rings is 1. The first-order valence-corrected chi connectivity index (χ1v) is 9.92. The van der Waals surface area contributed by atoms with Gasteiger partial charge in [0.15, 0.2) is 0 Å². The Hall–Kier alpha value is -1.59. The van der Waals surface area contributed by atoms with Gasteiger partial charge < -0.3 is 10.2 Å². The van der Waals surface area contributed by atoms with E-state index in [4.69, 9.17) is 0 Å². The Kier molecular flexibility index (Phi) is 8.12. The fourth-order valence-electron chi connectivity index (χ4n) is 4.69. The molecule has 0 radical (unpaired) electrons. The molecule has 2 aliphatic heterocycles. The first-order valence-electron chi connectivity index (χ1n) is 9.92. The van der Waals surface area contributed by atoms with Gasteiger partial charge in [-0.15, -0.1) is 24.8 Å². The largest absolute Gasteiger partial charge is 0.341 e. The number of hydrogen-bond donors (Lipinski definition) is 1. The van der Waals surface area contributed by atoms with E-state index in [1.54, 1.807) is 0 Å². The highest BCUT2D eigenvalue weighted by Crippen LogP contribution is 2.37. The van der Waals surface area contributed by atoms with E-state index in [0.717, 1.165) is 38.9 Å². The van der Waals surface area contributed by atoms with Gasteiger partial charge in [0.1, 0.15) is 0 Å². The SMILES string of the molecule is CN(C)C1(c2ccccc2)CCN(C(=O)[C@H]2Cc3ccccc3CN2)CC1.Cl.Cl. The Morgan fingerprint density at radius 3 is 2.17 bits per heavy atom. The first-order chi connectivity index (χ1) is 13.1. The number of nitrogens with zero attached hydrogens (tertiary/aromatic N) is 2. The molecule has 1 amide bonds. The van der Waals surface area contributed by atoms with Crippen molar-refractivity contribution in [3.05, 3.63) is 71.3 Å². The molecule has 2 aromatic rings. The van der Waals surface area contributed by atoms with Crippen LogP contribution in [0.5, 0.6) is 0 Å². The molecule has 4 rings (SSSR count). The average molecular weight is 436 g/mol. The molecule has 1 atom stereocenters. The first kappa shape index (κ1) is 23.7. The van der Waals surface area contributed by atoms with Crippen LogP contribution in [0.4, 0.5) is 0 Å². The van der Waals surface area contributed by atoms with Gasteiger partial charge in [0.05, 0.1) is 6.04 Å². The second-order valence-corrected chi connectivity index (χ2v) is 8.02. The molecule has 0 aromatic heterocycles. The number of nitrogens with one attached hydrogen (secondary N) is 1. The Morgan fingerprint density at radius 2 is 1.55 bits per heavy atom. The van der Waals surface area contributed by atoms with Gasteiger partial charge in [0, 0.05) is 25.2 Å². The molecule has 0 spiro atoms. The summed E-state index contributed by atoms with van der Waals surface area (Å²) in [6.45, 7) is 2.41. The van der Waals surface area contributed by atoms with Crippen LogP contribution < -0.4 is 5.32 Å². The quantitative estimate of drug-likeness (QED) is 0.799. The zero-order chi connectivity index (χ0) is 18.9. The molecule has 2 aliphatic rings. The average Bonchev–Trinajstić information content (AvgIpc) is 2.73. The zero-order valence-corrected chi connectivity index (χ0v) is 18.8. The van der Waals surface area contributed by atoms with E-state index < -0.39 is 0 Å². The number of carbonyl (C=O) groups is 1. The number of rotatable bonds is 3. The van der Waals surface area contributed by atoms with Crippen LogP contribution in [0, 0.1) is 0 Å². The smallest absolute Gasteiger partial charge is 0.240 e. The third-order valence-corrected chi connectivity index (χ3v) is 6.45. The number of benzene rings is 2. The van der Waals surface area contributed by atoms with Crippen LogP contribution in [-0.2, 0) is 23.3 Å². The van der Waals surface area contributed by atoms with Gasteiger partial charge in [-0.25, -0.2) is 0 Å². The Labute approximate surface area is 186 Å². The lowest BCUT2D eigenvalue weighted by atomic mass is 9.79. The maximum atomic E-state index is 13.1. The van der Waals surface area contributed by atoms with Crippen LogP contribution in [0.2, 0.25) is 0 Å². The van der Waals surface area contributed by atoms with E-state index in [0.29, 0.717) is 0 Å². The van der Waals surface area contributed by atoms with Crippen LogP contribution in [-0.4, -0.2) is 48.9 Å². The molecule has 0 saturated carbocycles. The maximum absolute atomic E-state index is 13.1. The van der Waals surface area contributed by atoms with Crippen molar-refractivity contribution in [3.8, 4) is 0 Å². The van der Waals surface area contributed by atoms with Crippen molar-refractivity contribution in [3.63, 3.8) is 0 Å². The summed E-state index contributed by atoms with van der Waals surface area (Å²) in [6.07, 6.45) is 2.74. The van der Waals surface area contributed by atoms with E-state index in [2.05, 4.69) is 83.8 Å². The van der Waals surface area contributed by atoms with Crippen molar-refractivity contribution in [1.82, 2.24) is 15.1 Å². The molecule has 0 aliphatic carbocycles. The van der Waals surface area contributed by atoms with E-state index in [-0.39, 0.29) is 42.3 Å². The van der Waals surface area contributed by atoms with Crippen LogP contribution in [0.1, 0.15) is 29.5 Å². The molecule has 0 unspecified atom stereocenters. The molecule has 1 saturated heterocycles. The predicted octanol–water partition coefficient (Wildman–Crippen LogP) is 3.62. The van der Waals surface area contributed by atoms with Crippen molar-refractivity contribution in [2.24, 2.45) is 0 Å². The number of hydrogen-bond acceptors (Lipinski definition) is 3. The van der Waals surface area contributed by atoms with Gasteiger partial charge in [-0.05, 0) is 50.0 Å². The molecule has 158 valence electrons. The lowest BCUT2D eigenvalue weighted by Gasteiger charge is -2.47. The molecule has 0 bridgehead atoms. The number of fused-ring (bicyclic) bond motifs is 1. The van der Waals surface area contributed by atoms with E-state index in [1.807, 2.05) is 0 Å². The summed E-state index contributed by atoms with van der Waals surface area (Å²) in [5, 5.41) is 3.45. The third kappa shape index (κ3) is 4.61. The Bertz CT molecular complexity index is 805. The Balaban J connectivity index is 0.00000150. The highest BCUT2D eigenvalue weighted by atomic mass is 35.5. The minimum atomic E-state index is -0.0940. The van der Waals surface area contributed by atoms with Crippen LogP contribution in [0.15, 0.2) is 54.6 Å². The number of halogens is 2. The summed E-state index contributed by atoms with van der Waals surface area (Å²) >= 11 is 0. The van der Waals surface area contributed by atoms with Gasteiger partial charge in [0.2, 0.25) is 5.91 Å². The van der Waals surface area contributed by atoms with Crippen LogP contribution in [0.3, 0.4) is 0 Å². The molecule has 2 aromatic carbocycles. The van der Waals surface area contributed by atoms with Crippen molar-refractivity contribution >= 4 is 30.7 Å². The summed E-state index contributed by atoms with van der Waals surface area (Å²) in [7, 11) is 4.31. The van der Waals surface area contributed by atoms with Gasteiger partial charge in [-0.3, -0.25) is 9.69 Å². The number of amides is 1. The second kappa shape index (κ2) is 9.94. The standard InChI is InChI=1S/C23H29N3O.2ClH/c1-25(2)23(20-10-4-3-5-11-20)12-14-26(15-13-23)22(27)21-16-18-8-6-7-9-19(18)17-24-21;;/h3-11,21,24H,12-17H2,1-2H3;2*1H/t21-;;/m1../s1. The van der Waals surface area contributed by atoms with Gasteiger partial charge in [-0.1, -0.05) is 54.6 Å². The van der Waals surface area contributed by atoms with Gasteiger partial charge in [0.25, 0.3) is 0 Å². The van der Waals surface area contributed by atoms with E-state index in [1.165, 1.54) is 16.7 Å². The molecule has 4 nitrogen and oxygen atoms in total. The normalized spacial score (nSPS) is 20.2. The summed E-state index contributed by atoms with van der Waals surface area (Å²) in [6, 6.07) is 19.1. The zero-order valence-electron chi connectivity index (χ0n) is 17.1. The van der Waals surface area contributed by atoms with Gasteiger partial charge >= 0.3 is 0 Å². The van der Waals surface area contributed by atoms with Crippen molar-refractivity contribution in [1.29, 1.82) is 0 Å². The predicted molar refractivity (Wildman–Crippen MR) is 123 cm³/mol. The molecule has 1 N–H and O–H groups in total. The molecule has 2 heterocycles. The second-order valence-electron chi connectivity index (χ2n) is 8.02. The fraction of sp³-hybridized carbons (Fsp3) is 0.435. The van der Waals surface area contributed by atoms with Crippen molar-refractivity contribution < 1.29 is 4.79 Å². The summed E-state index contributed by atoms with van der Waals surface area (Å²) in [5.41, 5.74) is 3.99. The van der Waals surface area contributed by atoms with Gasteiger partial charge in [-0.2, -0.15) is 0 Å². The highest BCUT2D eigenvalue weighted by molar-refractivity contribution is 5.85. The monoisotopic (exact) mass is 435 g/mol. The maximum Gasteiger partial charge on any atom is 0.240 e. The lowest BCUT2D eigenvalue weighted by molar-refractivity contribution is -0.136. The minimum Gasteiger partial charge on any atom is -0.341 e. The highest BCUT2D eigenvalue weighted by Gasteiger charge is 2.40. The Morgan fingerprint density at radius 1 is 0.966 bits per heavy atom. The van der Waals surface area contributed by atoms with Crippen LogP contribution >= 0.6 is 24.8 Å². The molecular formula is C23H31Cl2N3O. The third-order valence-electron chi connectivity index (χ3n) is 6.45. The number of likely N-dealkylation sites (tertiary alicyclic amines) is 1. The minimum absolute atomic E-state index is 0. The molecule has 6 heteroatoms. The lowest BCUT2D eigenvalue weighted by Crippen LogP contribution is -2.56. The van der Waals surface area contributed by atoms with E-state index in [9.17, 15) is 4.79 Å². The van der Waals surface area contributed by atoms with Crippen molar-refractivity contribution in [2.75, 3.05) is 27.2 Å². The summed E-state index contributed by atoms with van der Waals surface area (Å²) in [4.78, 5) is 17.5. The van der Waals surface area contributed by atoms with E-state index >= 15 is 0 Å². The van der Waals surface area contributed by atoms with Crippen LogP contribution in [0.25, 0.3) is 0 Å². The molecule has 1 fully saturated rings. The molecular weight excluding hydrogens is 405 g/mol. The number of carbonyl (C=O) groups excluding carboxylic acids is 1. The van der Waals surface area contributed by atoms with Crippen molar-refractivity contribution in [2.45, 2.75) is 37.4 Å².